The molecule has 1 aromatic rings. The van der Waals surface area contributed by atoms with Crippen LogP contribution in [0.3, 0.4) is 0 Å². The Hall–Kier alpha value is -1.58. The number of hydrogen-bond acceptors (Lipinski definition) is 3. The number of carboxylic acids is 1. The van der Waals surface area contributed by atoms with Crippen molar-refractivity contribution in [1.82, 2.24) is 0 Å². The number of carbonyl (C=O) groups is 1. The zero-order valence-electron chi connectivity index (χ0n) is 7.08. The maximum absolute atomic E-state index is 12.4. The summed E-state index contributed by atoms with van der Waals surface area (Å²) >= 11 is 0. The third kappa shape index (κ3) is 2.74. The topological polar surface area (TPSA) is 52.2 Å². The molecular formula is C9H9FNO2-. The van der Waals surface area contributed by atoms with Crippen LogP contribution in [0, 0.1) is 5.82 Å². The highest BCUT2D eigenvalue weighted by atomic mass is 19.1. The number of benzene rings is 1. The Morgan fingerprint density at radius 1 is 1.46 bits per heavy atom. The second-order valence-corrected chi connectivity index (χ2v) is 2.69. The lowest BCUT2D eigenvalue weighted by molar-refractivity contribution is -0.306. The molecule has 0 fully saturated rings. The van der Waals surface area contributed by atoms with E-state index in [1.54, 1.807) is 0 Å². The molecule has 0 aliphatic rings. The smallest absolute Gasteiger partial charge is 0.123 e. The Morgan fingerprint density at radius 3 is 2.46 bits per heavy atom. The van der Waals surface area contributed by atoms with E-state index in [0.29, 0.717) is 5.69 Å². The van der Waals surface area contributed by atoms with Gasteiger partial charge in [-0.3, -0.25) is 0 Å². The van der Waals surface area contributed by atoms with Crippen molar-refractivity contribution >= 4 is 11.7 Å². The molecule has 70 valence electrons. The van der Waals surface area contributed by atoms with Crippen LogP contribution in [-0.4, -0.2) is 12.0 Å². The highest BCUT2D eigenvalue weighted by Crippen LogP contribution is 2.09. The fourth-order valence-corrected chi connectivity index (χ4v) is 0.855. The number of anilines is 1. The SMILES string of the molecule is C[C@H](Nc1ccc(F)cc1)C(=O)[O-]. The van der Waals surface area contributed by atoms with Crippen molar-refractivity contribution < 1.29 is 14.3 Å². The first-order valence-corrected chi connectivity index (χ1v) is 3.82. The Kier molecular flexibility index (Phi) is 2.84. The van der Waals surface area contributed by atoms with Crippen LogP contribution < -0.4 is 10.4 Å². The van der Waals surface area contributed by atoms with E-state index in [1.807, 2.05) is 0 Å². The summed E-state index contributed by atoms with van der Waals surface area (Å²) in [5.74, 6) is -1.55. The molecule has 0 aliphatic heterocycles. The van der Waals surface area contributed by atoms with Gasteiger partial charge >= 0.3 is 0 Å². The summed E-state index contributed by atoms with van der Waals surface area (Å²) < 4.78 is 12.4. The van der Waals surface area contributed by atoms with Gasteiger partial charge in [0.2, 0.25) is 0 Å². The van der Waals surface area contributed by atoms with Gasteiger partial charge in [0.25, 0.3) is 0 Å². The van der Waals surface area contributed by atoms with Gasteiger partial charge in [0, 0.05) is 5.69 Å². The lowest BCUT2D eigenvalue weighted by Crippen LogP contribution is -2.38. The number of carbonyl (C=O) groups excluding carboxylic acids is 1. The standard InChI is InChI=1S/C9H10FNO2/c1-6(9(12)13)11-8-4-2-7(10)3-5-8/h2-6,11H,1H3,(H,12,13)/p-1/t6-/m0/s1. The van der Waals surface area contributed by atoms with E-state index in [-0.39, 0.29) is 5.82 Å². The molecule has 0 spiro atoms. The monoisotopic (exact) mass is 182 g/mol. The Labute approximate surface area is 75.2 Å². The molecule has 0 heterocycles. The van der Waals surface area contributed by atoms with Crippen LogP contribution >= 0.6 is 0 Å². The summed E-state index contributed by atoms with van der Waals surface area (Å²) in [4.78, 5) is 10.3. The molecule has 0 bridgehead atoms. The Morgan fingerprint density at radius 2 is 2.00 bits per heavy atom. The number of nitrogens with one attached hydrogen (secondary N) is 1. The number of hydrogen-bond donors (Lipinski definition) is 1. The fourth-order valence-electron chi connectivity index (χ4n) is 0.855. The predicted molar refractivity (Wildman–Crippen MR) is 44.5 cm³/mol. The molecule has 0 amide bonds. The molecule has 0 saturated carbocycles. The van der Waals surface area contributed by atoms with Crippen LogP contribution in [0.4, 0.5) is 10.1 Å². The van der Waals surface area contributed by atoms with E-state index in [2.05, 4.69) is 5.32 Å². The maximum Gasteiger partial charge on any atom is 0.123 e. The molecule has 3 nitrogen and oxygen atoms in total. The van der Waals surface area contributed by atoms with Gasteiger partial charge in [0.15, 0.2) is 0 Å². The van der Waals surface area contributed by atoms with Gasteiger partial charge < -0.3 is 15.2 Å². The normalized spacial score (nSPS) is 12.2. The molecule has 0 radical (unpaired) electrons. The van der Waals surface area contributed by atoms with Crippen molar-refractivity contribution in [2.45, 2.75) is 13.0 Å². The summed E-state index contributed by atoms with van der Waals surface area (Å²) in [6.45, 7) is 1.46. The number of rotatable bonds is 3. The number of carboxylic acid groups (broad SMARTS) is 1. The molecule has 0 saturated heterocycles. The zero-order valence-corrected chi connectivity index (χ0v) is 7.08. The second-order valence-electron chi connectivity index (χ2n) is 2.69. The first kappa shape index (κ1) is 9.51. The molecule has 13 heavy (non-hydrogen) atoms. The van der Waals surface area contributed by atoms with Crippen molar-refractivity contribution in [1.29, 1.82) is 0 Å². The van der Waals surface area contributed by atoms with Gasteiger partial charge in [-0.2, -0.15) is 0 Å². The minimum Gasteiger partial charge on any atom is -0.548 e. The molecule has 0 unspecified atom stereocenters. The van der Waals surface area contributed by atoms with Crippen molar-refractivity contribution in [3.05, 3.63) is 30.1 Å². The first-order chi connectivity index (χ1) is 6.09. The van der Waals surface area contributed by atoms with Crippen molar-refractivity contribution in [2.24, 2.45) is 0 Å². The lowest BCUT2D eigenvalue weighted by Gasteiger charge is -2.15. The molecular weight excluding hydrogens is 173 g/mol. The molecule has 0 aliphatic carbocycles. The van der Waals surface area contributed by atoms with Gasteiger partial charge in [-0.25, -0.2) is 4.39 Å². The zero-order chi connectivity index (χ0) is 9.84. The molecule has 1 rings (SSSR count). The Bertz CT molecular complexity index is 297. The maximum atomic E-state index is 12.4. The van der Waals surface area contributed by atoms with Crippen LogP contribution in [-0.2, 0) is 4.79 Å². The van der Waals surface area contributed by atoms with Crippen LogP contribution in [0.5, 0.6) is 0 Å². The van der Waals surface area contributed by atoms with Crippen molar-refractivity contribution in [3.63, 3.8) is 0 Å². The highest BCUT2D eigenvalue weighted by Gasteiger charge is 2.01. The van der Waals surface area contributed by atoms with Gasteiger partial charge in [0.05, 0.1) is 12.0 Å². The van der Waals surface area contributed by atoms with Crippen LogP contribution in [0.2, 0.25) is 0 Å². The highest BCUT2D eigenvalue weighted by molar-refractivity contribution is 5.74. The van der Waals surface area contributed by atoms with Gasteiger partial charge in [-0.1, -0.05) is 0 Å². The minimum absolute atomic E-state index is 0.355. The first-order valence-electron chi connectivity index (χ1n) is 3.82. The van der Waals surface area contributed by atoms with Crippen LogP contribution in [0.25, 0.3) is 0 Å². The minimum atomic E-state index is -1.19. The van der Waals surface area contributed by atoms with E-state index in [9.17, 15) is 14.3 Å². The fraction of sp³-hybridized carbons (Fsp3) is 0.222. The largest absolute Gasteiger partial charge is 0.548 e. The van der Waals surface area contributed by atoms with E-state index < -0.39 is 12.0 Å². The number of halogens is 1. The third-order valence-electron chi connectivity index (χ3n) is 1.58. The summed E-state index contributed by atoms with van der Waals surface area (Å²) in [6, 6.07) is 4.66. The average Bonchev–Trinajstić information content (AvgIpc) is 2.08. The van der Waals surface area contributed by atoms with Crippen molar-refractivity contribution in [2.75, 3.05) is 5.32 Å². The van der Waals surface area contributed by atoms with E-state index in [0.717, 1.165) is 0 Å². The summed E-state index contributed by atoms with van der Waals surface area (Å²) in [7, 11) is 0. The molecule has 0 aromatic heterocycles. The van der Waals surface area contributed by atoms with Gasteiger partial charge in [-0.15, -0.1) is 0 Å². The average molecular weight is 182 g/mol. The molecule has 1 N–H and O–H groups in total. The van der Waals surface area contributed by atoms with Crippen LogP contribution in [0.15, 0.2) is 24.3 Å². The van der Waals surface area contributed by atoms with E-state index in [1.165, 1.54) is 31.2 Å². The predicted octanol–water partition coefficient (Wildman–Crippen LogP) is 0.376. The number of aliphatic carboxylic acids is 1. The molecule has 1 aromatic carbocycles. The summed E-state index contributed by atoms with van der Waals surface area (Å²) in [6.07, 6.45) is 0. The van der Waals surface area contributed by atoms with Crippen LogP contribution in [0.1, 0.15) is 6.92 Å². The third-order valence-corrected chi connectivity index (χ3v) is 1.58. The lowest BCUT2D eigenvalue weighted by atomic mass is 10.2. The Balaban J connectivity index is 2.64. The van der Waals surface area contributed by atoms with Crippen molar-refractivity contribution in [3.8, 4) is 0 Å². The quantitative estimate of drug-likeness (QED) is 0.735. The summed E-state index contributed by atoms with van der Waals surface area (Å²) in [5.41, 5.74) is 0.554. The van der Waals surface area contributed by atoms with Gasteiger partial charge in [-0.05, 0) is 31.2 Å². The molecule has 1 atom stereocenters. The summed E-state index contributed by atoms with van der Waals surface area (Å²) in [5, 5.41) is 13.0. The molecule has 4 heteroatoms. The van der Waals surface area contributed by atoms with E-state index in [4.69, 9.17) is 0 Å². The van der Waals surface area contributed by atoms with E-state index >= 15 is 0 Å². The second kappa shape index (κ2) is 3.89. The van der Waals surface area contributed by atoms with Gasteiger partial charge in [0.1, 0.15) is 5.82 Å².